The van der Waals surface area contributed by atoms with Gasteiger partial charge in [-0.25, -0.2) is 15.0 Å². The van der Waals surface area contributed by atoms with Gasteiger partial charge >= 0.3 is 0 Å². The molecule has 0 saturated carbocycles. The Morgan fingerprint density at radius 2 is 1.64 bits per heavy atom. The molecule has 1 aliphatic rings. The highest BCUT2D eigenvalue weighted by Gasteiger charge is 2.22. The minimum atomic E-state index is 0.715. The molecule has 1 fully saturated rings. The summed E-state index contributed by atoms with van der Waals surface area (Å²) in [6.07, 6.45) is 5.36. The van der Waals surface area contributed by atoms with Crippen LogP contribution < -0.4 is 20.3 Å². The fourth-order valence-electron chi connectivity index (χ4n) is 3.27. The number of aromatic nitrogens is 3. The molecule has 1 aliphatic heterocycles. The van der Waals surface area contributed by atoms with Gasteiger partial charge in [0.2, 0.25) is 5.95 Å². The monoisotopic (exact) mass is 336 g/mol. The molecule has 1 saturated heterocycles. The first kappa shape index (κ1) is 15.4. The molecular weight excluding hydrogens is 316 g/mol. The fraction of sp³-hybridized carbons (Fsp3) is 0.278. The summed E-state index contributed by atoms with van der Waals surface area (Å²) in [5.41, 5.74) is 6.97. The van der Waals surface area contributed by atoms with Crippen molar-refractivity contribution < 1.29 is 4.74 Å². The molecule has 2 N–H and O–H groups in total. The number of anilines is 3. The van der Waals surface area contributed by atoms with E-state index in [0.29, 0.717) is 5.69 Å². The maximum absolute atomic E-state index is 6.25. The van der Waals surface area contributed by atoms with Crippen molar-refractivity contribution in [2.45, 2.75) is 0 Å². The van der Waals surface area contributed by atoms with Gasteiger partial charge in [0, 0.05) is 55.8 Å². The summed E-state index contributed by atoms with van der Waals surface area (Å²) in [5.74, 6) is 2.49. The predicted molar refractivity (Wildman–Crippen MR) is 99.2 cm³/mol. The molecule has 0 aliphatic carbocycles. The molecule has 0 unspecified atom stereocenters. The maximum atomic E-state index is 6.25. The van der Waals surface area contributed by atoms with E-state index < -0.39 is 0 Å². The van der Waals surface area contributed by atoms with Crippen LogP contribution in [0.4, 0.5) is 17.5 Å². The second-order valence-corrected chi connectivity index (χ2v) is 5.94. The van der Waals surface area contributed by atoms with Crippen molar-refractivity contribution in [2.75, 3.05) is 48.8 Å². The highest BCUT2D eigenvalue weighted by atomic mass is 16.5. The van der Waals surface area contributed by atoms with E-state index in [9.17, 15) is 0 Å². The van der Waals surface area contributed by atoms with Crippen molar-refractivity contribution in [1.82, 2.24) is 15.0 Å². The van der Waals surface area contributed by atoms with Crippen molar-refractivity contribution in [1.29, 1.82) is 0 Å². The van der Waals surface area contributed by atoms with Gasteiger partial charge in [0.25, 0.3) is 0 Å². The number of ether oxygens (including phenoxy) is 1. The van der Waals surface area contributed by atoms with Crippen molar-refractivity contribution >= 4 is 28.2 Å². The van der Waals surface area contributed by atoms with Crippen LogP contribution in [0.15, 0.2) is 42.9 Å². The van der Waals surface area contributed by atoms with Gasteiger partial charge in [-0.3, -0.25) is 0 Å². The Kier molecular flexibility index (Phi) is 3.97. The zero-order chi connectivity index (χ0) is 17.2. The third kappa shape index (κ3) is 2.77. The highest BCUT2D eigenvalue weighted by molar-refractivity contribution is 6.04. The number of nitrogens with zero attached hydrogens (tertiary/aromatic N) is 5. The lowest BCUT2D eigenvalue weighted by molar-refractivity contribution is 0.420. The van der Waals surface area contributed by atoms with Crippen LogP contribution in [0.3, 0.4) is 0 Å². The summed E-state index contributed by atoms with van der Waals surface area (Å²) in [4.78, 5) is 17.7. The number of benzene rings is 1. The Hall–Kier alpha value is -3.09. The van der Waals surface area contributed by atoms with Gasteiger partial charge < -0.3 is 20.3 Å². The van der Waals surface area contributed by atoms with Gasteiger partial charge in [0.05, 0.1) is 12.5 Å². The second kappa shape index (κ2) is 6.43. The first-order valence-corrected chi connectivity index (χ1v) is 8.26. The molecule has 25 heavy (non-hydrogen) atoms. The van der Waals surface area contributed by atoms with Crippen LogP contribution in [0.2, 0.25) is 0 Å². The molecule has 3 heterocycles. The van der Waals surface area contributed by atoms with Gasteiger partial charge in [-0.15, -0.1) is 0 Å². The summed E-state index contributed by atoms with van der Waals surface area (Å²) in [5, 5.41) is 1.94. The molecule has 7 heteroatoms. The largest absolute Gasteiger partial charge is 0.496 e. The van der Waals surface area contributed by atoms with Gasteiger partial charge in [0.1, 0.15) is 11.6 Å². The Bertz CT molecular complexity index is 877. The number of methoxy groups -OCH3 is 1. The zero-order valence-electron chi connectivity index (χ0n) is 14.1. The van der Waals surface area contributed by atoms with Crippen LogP contribution in [-0.2, 0) is 0 Å². The standard InChI is InChI=1S/C18H20N6O/c1-25-15-4-3-14(19)16-13(15)5-8-20-17(16)23-9-11-24(12-10-23)18-21-6-2-7-22-18/h2-8H,9-12,19H2,1H3. The fourth-order valence-corrected chi connectivity index (χ4v) is 3.27. The minimum absolute atomic E-state index is 0.715. The van der Waals surface area contributed by atoms with Crippen LogP contribution >= 0.6 is 0 Å². The topological polar surface area (TPSA) is 80.4 Å². The average Bonchev–Trinajstić information content (AvgIpc) is 2.69. The molecule has 0 radical (unpaired) electrons. The predicted octanol–water partition coefficient (Wildman–Crippen LogP) is 1.94. The molecular formula is C18H20N6O. The van der Waals surface area contributed by atoms with E-state index in [1.165, 1.54) is 0 Å². The molecule has 1 aromatic carbocycles. The van der Waals surface area contributed by atoms with E-state index in [1.54, 1.807) is 19.5 Å². The molecule has 0 spiro atoms. The lowest BCUT2D eigenvalue weighted by Gasteiger charge is -2.36. The SMILES string of the molecule is COc1ccc(N)c2c(N3CCN(c4ncccn4)CC3)nccc12. The van der Waals surface area contributed by atoms with Crippen LogP contribution in [0.25, 0.3) is 10.8 Å². The van der Waals surface area contributed by atoms with Crippen molar-refractivity contribution in [3.63, 3.8) is 0 Å². The number of nitrogens with two attached hydrogens (primary N) is 1. The van der Waals surface area contributed by atoms with E-state index in [4.69, 9.17) is 10.5 Å². The van der Waals surface area contributed by atoms with Crippen molar-refractivity contribution in [3.8, 4) is 5.75 Å². The average molecular weight is 336 g/mol. The lowest BCUT2D eigenvalue weighted by atomic mass is 10.1. The van der Waals surface area contributed by atoms with E-state index in [2.05, 4.69) is 24.8 Å². The van der Waals surface area contributed by atoms with Gasteiger partial charge in [-0.05, 0) is 24.3 Å². The van der Waals surface area contributed by atoms with Gasteiger partial charge in [0.15, 0.2) is 0 Å². The summed E-state index contributed by atoms with van der Waals surface area (Å²) < 4.78 is 5.47. The van der Waals surface area contributed by atoms with E-state index in [1.807, 2.05) is 30.5 Å². The highest BCUT2D eigenvalue weighted by Crippen LogP contribution is 2.35. The molecule has 7 nitrogen and oxygen atoms in total. The van der Waals surface area contributed by atoms with Crippen LogP contribution in [0.1, 0.15) is 0 Å². The molecule has 128 valence electrons. The smallest absolute Gasteiger partial charge is 0.225 e. The van der Waals surface area contributed by atoms with E-state index in [0.717, 1.165) is 54.5 Å². The first-order valence-electron chi connectivity index (χ1n) is 8.26. The van der Waals surface area contributed by atoms with E-state index >= 15 is 0 Å². The second-order valence-electron chi connectivity index (χ2n) is 5.94. The number of hydrogen-bond acceptors (Lipinski definition) is 7. The van der Waals surface area contributed by atoms with Crippen molar-refractivity contribution in [2.24, 2.45) is 0 Å². The molecule has 0 atom stereocenters. The summed E-state index contributed by atoms with van der Waals surface area (Å²) >= 11 is 0. The maximum Gasteiger partial charge on any atom is 0.225 e. The van der Waals surface area contributed by atoms with E-state index in [-0.39, 0.29) is 0 Å². The lowest BCUT2D eigenvalue weighted by Crippen LogP contribution is -2.47. The van der Waals surface area contributed by atoms with Gasteiger partial charge in [-0.2, -0.15) is 0 Å². The number of nitrogen functional groups attached to an aromatic ring is 1. The third-order valence-corrected chi connectivity index (χ3v) is 4.53. The van der Waals surface area contributed by atoms with Crippen LogP contribution in [0.5, 0.6) is 5.75 Å². The molecule has 0 amide bonds. The summed E-state index contributed by atoms with van der Waals surface area (Å²) in [6.45, 7) is 3.35. The Balaban J connectivity index is 1.63. The normalized spacial score (nSPS) is 14.8. The Morgan fingerprint density at radius 3 is 2.36 bits per heavy atom. The van der Waals surface area contributed by atoms with Gasteiger partial charge in [-0.1, -0.05) is 0 Å². The number of rotatable bonds is 3. The molecule has 0 bridgehead atoms. The zero-order valence-corrected chi connectivity index (χ0v) is 14.1. The number of pyridine rings is 1. The Morgan fingerprint density at radius 1 is 0.920 bits per heavy atom. The molecule has 3 aromatic rings. The van der Waals surface area contributed by atoms with Crippen LogP contribution in [0, 0.1) is 0 Å². The van der Waals surface area contributed by atoms with Crippen LogP contribution in [-0.4, -0.2) is 48.2 Å². The number of fused-ring (bicyclic) bond motifs is 1. The molecule has 2 aromatic heterocycles. The quantitative estimate of drug-likeness (QED) is 0.732. The minimum Gasteiger partial charge on any atom is -0.496 e. The molecule has 4 rings (SSSR count). The number of piperazine rings is 1. The third-order valence-electron chi connectivity index (χ3n) is 4.53. The summed E-state index contributed by atoms with van der Waals surface area (Å²) in [7, 11) is 1.67. The van der Waals surface area contributed by atoms with Crippen molar-refractivity contribution in [3.05, 3.63) is 42.9 Å². The summed E-state index contributed by atoms with van der Waals surface area (Å²) in [6, 6.07) is 7.55. The first-order chi connectivity index (χ1) is 12.3. The number of hydrogen-bond donors (Lipinski definition) is 1. The Labute approximate surface area is 146 Å².